The van der Waals surface area contributed by atoms with Crippen LogP contribution >= 0.6 is 11.3 Å². The first kappa shape index (κ1) is 22.6. The normalized spacial score (nSPS) is 13.1. The molecule has 170 valence electrons. The molecule has 4 rings (SSSR count). The maximum absolute atomic E-state index is 12.6. The van der Waals surface area contributed by atoms with Gasteiger partial charge in [-0.3, -0.25) is 19.8 Å². The van der Waals surface area contributed by atoms with Gasteiger partial charge in [-0.05, 0) is 48.2 Å². The Morgan fingerprint density at radius 1 is 1.24 bits per heavy atom. The van der Waals surface area contributed by atoms with Gasteiger partial charge in [-0.2, -0.15) is 0 Å². The zero-order chi connectivity index (χ0) is 23.0. The van der Waals surface area contributed by atoms with Crippen molar-refractivity contribution in [3.63, 3.8) is 0 Å². The summed E-state index contributed by atoms with van der Waals surface area (Å²) in [7, 11) is 1.71. The van der Waals surface area contributed by atoms with E-state index in [0.717, 1.165) is 32.3 Å². The number of hydrogen-bond donors (Lipinski definition) is 1. The largest absolute Gasteiger partial charge is 0.445 e. The summed E-state index contributed by atoms with van der Waals surface area (Å²) in [5.74, 6) is -0.0707. The third-order valence-corrected chi connectivity index (χ3v) is 6.46. The van der Waals surface area contributed by atoms with E-state index in [1.807, 2.05) is 30.3 Å². The highest BCUT2D eigenvalue weighted by Gasteiger charge is 2.27. The lowest BCUT2D eigenvalue weighted by molar-refractivity contribution is -0.116. The maximum atomic E-state index is 12.6. The van der Waals surface area contributed by atoms with E-state index < -0.39 is 0 Å². The molecule has 0 bridgehead atoms. The van der Waals surface area contributed by atoms with Crippen molar-refractivity contribution in [1.82, 2.24) is 14.9 Å². The highest BCUT2D eigenvalue weighted by molar-refractivity contribution is 7.16. The van der Waals surface area contributed by atoms with Crippen LogP contribution in [0.5, 0.6) is 0 Å². The van der Waals surface area contributed by atoms with Crippen LogP contribution in [-0.2, 0) is 35.5 Å². The number of rotatable bonds is 7. The first-order chi connectivity index (χ1) is 16.1. The van der Waals surface area contributed by atoms with Gasteiger partial charge in [0.2, 0.25) is 5.91 Å². The van der Waals surface area contributed by atoms with Crippen molar-refractivity contribution < 1.29 is 14.3 Å². The molecule has 9 heteroatoms. The van der Waals surface area contributed by atoms with Crippen molar-refractivity contribution in [2.75, 3.05) is 18.9 Å². The second-order valence-corrected chi connectivity index (χ2v) is 8.69. The Balaban J connectivity index is 1.40. The number of amides is 2. The molecule has 0 aliphatic carbocycles. The Morgan fingerprint density at radius 2 is 2.09 bits per heavy atom. The monoisotopic (exact) mass is 463 g/mol. The van der Waals surface area contributed by atoms with Gasteiger partial charge in [-0.15, -0.1) is 11.3 Å². The van der Waals surface area contributed by atoms with Gasteiger partial charge in [0.15, 0.2) is 0 Å². The Hall–Kier alpha value is -3.59. The summed E-state index contributed by atoms with van der Waals surface area (Å²) in [6.45, 7) is 1.21. The number of ether oxygens (including phenoxy) is 1. The fourth-order valence-corrected chi connectivity index (χ4v) is 4.89. The summed E-state index contributed by atoms with van der Waals surface area (Å²) in [5.41, 5.74) is 3.83. The fraction of sp³-hybridized carbons (Fsp3) is 0.292. The smallest absolute Gasteiger partial charge is 0.410 e. The van der Waals surface area contributed by atoms with Crippen molar-refractivity contribution in [1.29, 1.82) is 0 Å². The summed E-state index contributed by atoms with van der Waals surface area (Å²) in [6.07, 6.45) is 8.10. The van der Waals surface area contributed by atoms with E-state index in [1.165, 1.54) is 11.3 Å². The van der Waals surface area contributed by atoms with Crippen LogP contribution in [0.4, 0.5) is 9.80 Å². The fourth-order valence-electron chi connectivity index (χ4n) is 3.63. The Kier molecular flexibility index (Phi) is 7.41. The third-order valence-electron chi connectivity index (χ3n) is 5.31. The van der Waals surface area contributed by atoms with Gasteiger partial charge >= 0.3 is 6.09 Å². The van der Waals surface area contributed by atoms with E-state index >= 15 is 0 Å². The van der Waals surface area contributed by atoms with Gasteiger partial charge in [0, 0.05) is 61.0 Å². The summed E-state index contributed by atoms with van der Waals surface area (Å²) in [5, 5.41) is 3.80. The molecule has 4 heterocycles. The number of aliphatic imine (C=N–C) groups is 1. The van der Waals surface area contributed by atoms with Crippen LogP contribution in [0.25, 0.3) is 0 Å². The minimum atomic E-state index is -0.350. The van der Waals surface area contributed by atoms with Crippen LogP contribution in [0.1, 0.15) is 33.7 Å². The molecule has 0 spiro atoms. The molecule has 0 radical (unpaired) electrons. The van der Waals surface area contributed by atoms with Crippen molar-refractivity contribution in [2.24, 2.45) is 4.99 Å². The first-order valence-corrected chi connectivity index (χ1v) is 11.5. The summed E-state index contributed by atoms with van der Waals surface area (Å²) < 4.78 is 5.47. The number of thiophene rings is 1. The van der Waals surface area contributed by atoms with Gasteiger partial charge in [-0.25, -0.2) is 4.79 Å². The number of carbonyl (C=O) groups excluding carboxylic acids is 2. The van der Waals surface area contributed by atoms with E-state index in [-0.39, 0.29) is 18.6 Å². The van der Waals surface area contributed by atoms with Crippen LogP contribution in [0.3, 0.4) is 0 Å². The molecule has 0 saturated heterocycles. The molecule has 3 aromatic heterocycles. The van der Waals surface area contributed by atoms with Gasteiger partial charge < -0.3 is 15.0 Å². The number of nitrogens with one attached hydrogen (secondary N) is 1. The zero-order valence-electron chi connectivity index (χ0n) is 18.4. The number of hydrogen-bond acceptors (Lipinski definition) is 7. The summed E-state index contributed by atoms with van der Waals surface area (Å²) in [4.78, 5) is 40.3. The highest BCUT2D eigenvalue weighted by Crippen LogP contribution is 2.36. The van der Waals surface area contributed by atoms with Gasteiger partial charge in [0.05, 0.1) is 6.54 Å². The molecule has 1 aliphatic rings. The molecule has 0 unspecified atom stereocenters. The Labute approximate surface area is 196 Å². The third kappa shape index (κ3) is 5.81. The lowest BCUT2D eigenvalue weighted by atomic mass is 10.0. The lowest BCUT2D eigenvalue weighted by Crippen LogP contribution is -2.35. The molecule has 2 amide bonds. The van der Waals surface area contributed by atoms with E-state index in [2.05, 4.69) is 20.3 Å². The molecule has 8 nitrogen and oxygen atoms in total. The highest BCUT2D eigenvalue weighted by atomic mass is 32.1. The minimum absolute atomic E-state index is 0.0707. The Morgan fingerprint density at radius 3 is 2.85 bits per heavy atom. The second-order valence-electron chi connectivity index (χ2n) is 7.58. The zero-order valence-corrected chi connectivity index (χ0v) is 19.2. The van der Waals surface area contributed by atoms with Crippen LogP contribution < -0.4 is 5.32 Å². The molecule has 0 atom stereocenters. The van der Waals surface area contributed by atoms with Crippen LogP contribution in [-0.4, -0.2) is 46.7 Å². The molecule has 1 aliphatic heterocycles. The van der Waals surface area contributed by atoms with E-state index in [0.29, 0.717) is 32.4 Å². The second kappa shape index (κ2) is 10.8. The number of aryl methyl sites for hydroxylation is 1. The molecule has 0 aromatic carbocycles. The quantitative estimate of drug-likeness (QED) is 0.537. The predicted octanol–water partition coefficient (Wildman–Crippen LogP) is 3.85. The minimum Gasteiger partial charge on any atom is -0.445 e. The predicted molar refractivity (Wildman–Crippen MR) is 128 cm³/mol. The standard InChI is InChI=1S/C24H25N5O3S/c1-25-14-20-19-9-13-29(24(31)32-16-17-7-11-26-12-8-17)15-21(19)33-23(20)28-22(30)6-5-18-4-2-3-10-27-18/h2-4,7-8,10-12,14H,5-6,9,13,15-16H2,1H3,(H,28,30). The SMILES string of the molecule is CN=Cc1c(NC(=O)CCc2ccccn2)sc2c1CCN(C(=O)OCc1ccncc1)C2. The first-order valence-electron chi connectivity index (χ1n) is 10.7. The molecule has 1 N–H and O–H groups in total. The number of fused-ring (bicyclic) bond motifs is 1. The van der Waals surface area contributed by atoms with Crippen molar-refractivity contribution in [2.45, 2.75) is 32.4 Å². The van der Waals surface area contributed by atoms with E-state index in [9.17, 15) is 9.59 Å². The molecule has 0 fully saturated rings. The summed E-state index contributed by atoms with van der Waals surface area (Å²) >= 11 is 1.49. The molecule has 0 saturated carbocycles. The van der Waals surface area contributed by atoms with Crippen LogP contribution in [0.2, 0.25) is 0 Å². The van der Waals surface area contributed by atoms with Crippen molar-refractivity contribution in [3.05, 3.63) is 76.2 Å². The molecular formula is C24H25N5O3S. The molecular weight excluding hydrogens is 438 g/mol. The topological polar surface area (TPSA) is 96.8 Å². The van der Waals surface area contributed by atoms with Gasteiger partial charge in [-0.1, -0.05) is 6.07 Å². The molecule has 3 aromatic rings. The van der Waals surface area contributed by atoms with E-state index in [1.54, 1.807) is 36.8 Å². The number of anilines is 1. The van der Waals surface area contributed by atoms with Crippen LogP contribution in [0, 0.1) is 0 Å². The van der Waals surface area contributed by atoms with Crippen molar-refractivity contribution in [3.8, 4) is 0 Å². The van der Waals surface area contributed by atoms with Gasteiger partial charge in [0.1, 0.15) is 11.6 Å². The summed E-state index contributed by atoms with van der Waals surface area (Å²) in [6, 6.07) is 9.32. The van der Waals surface area contributed by atoms with E-state index in [4.69, 9.17) is 4.74 Å². The average molecular weight is 464 g/mol. The average Bonchev–Trinajstić information content (AvgIpc) is 3.18. The van der Waals surface area contributed by atoms with Crippen molar-refractivity contribution >= 4 is 34.6 Å². The lowest BCUT2D eigenvalue weighted by Gasteiger charge is -2.26. The van der Waals surface area contributed by atoms with Gasteiger partial charge in [0.25, 0.3) is 0 Å². The number of pyridine rings is 2. The van der Waals surface area contributed by atoms with Crippen LogP contribution in [0.15, 0.2) is 53.9 Å². The number of nitrogens with zero attached hydrogens (tertiary/aromatic N) is 4. The number of aromatic nitrogens is 2. The number of carbonyl (C=O) groups is 2. The molecule has 33 heavy (non-hydrogen) atoms. The maximum Gasteiger partial charge on any atom is 0.410 e. The Bertz CT molecular complexity index is 1130.